The molecule has 48 heavy (non-hydrogen) atoms. The third-order valence-electron chi connectivity index (χ3n) is 10.5. The number of cyclic esters (lactones) is 1. The number of aliphatic carboxylic acids is 1. The third-order valence-corrected chi connectivity index (χ3v) is 11.9. The Kier molecular flexibility index (Phi) is 9.64. The zero-order chi connectivity index (χ0) is 33.5. The number of fused-ring (bicyclic) bond motifs is 9. The predicted molar refractivity (Wildman–Crippen MR) is 167 cm³/mol. The van der Waals surface area contributed by atoms with Crippen LogP contribution in [0.1, 0.15) is 69.1 Å². The number of carbonyl (C=O) groups is 3. The Morgan fingerprint density at radius 1 is 1.06 bits per heavy atom. The number of carboxylic acid groups (broad SMARTS) is 1. The molecule has 1 radical (unpaired) electrons. The van der Waals surface area contributed by atoms with Gasteiger partial charge in [0, 0.05) is 90.6 Å². The molecule has 0 aliphatic carbocycles. The first-order valence-electron chi connectivity index (χ1n) is 15.6. The summed E-state index contributed by atoms with van der Waals surface area (Å²) in [6.45, 7) is 5.31. The number of esters is 1. The van der Waals surface area contributed by atoms with Crippen molar-refractivity contribution < 1.29 is 88.0 Å². The summed E-state index contributed by atoms with van der Waals surface area (Å²) in [5, 5.41) is 45.5. The van der Waals surface area contributed by atoms with Gasteiger partial charge in [-0.1, -0.05) is 6.07 Å². The number of nitrogens with zero attached hydrogens (tertiary/aromatic N) is 3. The van der Waals surface area contributed by atoms with Crippen LogP contribution in [0.5, 0.6) is 23.0 Å². The number of carboxylic acids is 1. The van der Waals surface area contributed by atoms with E-state index in [0.717, 1.165) is 22.3 Å². The standard InChI is InChI=1S/C33H36N4O9S.Ac/c1-13-7-16-8-18-19(9-34)37-20-10-44-33(43)17(35-21(38)5-6-22(39)40)11-47-32(27(37)26(36(18)4)23(16)28(41)14(13)2)25-24(20)31-30(45-12-46-31)15(3)29(25)42;/h7,17-20,26-27,32,41-42H,5-6,8,10-12H2,1-4H3,(H,35,38)(H,39,40);/t17-,18-,19-,20-,26+,27?,32+;/m0./s1. The first-order chi connectivity index (χ1) is 22.4. The normalized spacial score (nSPS) is 28.6. The maximum absolute atomic E-state index is 13.5. The summed E-state index contributed by atoms with van der Waals surface area (Å²) in [7, 11) is 1.96. The van der Waals surface area contributed by atoms with Gasteiger partial charge in [0.25, 0.3) is 0 Å². The number of phenols is 2. The zero-order valence-electron chi connectivity index (χ0n) is 27.0. The molecule has 1 amide bonds. The number of nitrogens with one attached hydrogen (secondary N) is 1. The van der Waals surface area contributed by atoms with E-state index in [-0.39, 0.29) is 93.6 Å². The Balaban J connectivity index is 0.00000401. The minimum atomic E-state index is -1.13. The van der Waals surface area contributed by atoms with Gasteiger partial charge in [0.1, 0.15) is 30.2 Å². The minimum absolute atomic E-state index is 0. The second-order valence-corrected chi connectivity index (χ2v) is 14.1. The van der Waals surface area contributed by atoms with Gasteiger partial charge in [-0.3, -0.25) is 19.4 Å². The molecule has 13 nitrogen and oxygen atoms in total. The zero-order valence-corrected chi connectivity index (χ0v) is 32.5. The smallest absolute Gasteiger partial charge is 0.329 e. The molecule has 15 heteroatoms. The summed E-state index contributed by atoms with van der Waals surface area (Å²) in [6, 6.07) is 0.988. The van der Waals surface area contributed by atoms with Crippen molar-refractivity contribution in [3.63, 3.8) is 0 Å². The summed E-state index contributed by atoms with van der Waals surface area (Å²) in [6.07, 6.45) is -0.162. The first-order valence-corrected chi connectivity index (χ1v) is 16.6. The molecule has 2 aromatic rings. The minimum Gasteiger partial charge on any atom is -0.507 e. The third kappa shape index (κ3) is 5.34. The van der Waals surface area contributed by atoms with Crippen molar-refractivity contribution in [2.45, 2.75) is 81.5 Å². The number of aryl methyl sites for hydroxylation is 1. The maximum Gasteiger partial charge on any atom is 0.329 e. The Hall–Kier alpha value is -2.75. The summed E-state index contributed by atoms with van der Waals surface area (Å²) in [5.74, 6) is -1.32. The Labute approximate surface area is 317 Å². The van der Waals surface area contributed by atoms with E-state index in [0.29, 0.717) is 34.6 Å². The summed E-state index contributed by atoms with van der Waals surface area (Å²) >= 11 is 1.33. The topological polar surface area (TPSA) is 182 Å². The Bertz CT molecular complexity index is 1770. The van der Waals surface area contributed by atoms with Crippen LogP contribution >= 0.6 is 11.8 Å². The van der Waals surface area contributed by atoms with Crippen molar-refractivity contribution in [2.75, 3.05) is 26.2 Å². The summed E-state index contributed by atoms with van der Waals surface area (Å²) < 4.78 is 17.7. The van der Waals surface area contributed by atoms with Crippen LogP contribution in [0.2, 0.25) is 0 Å². The van der Waals surface area contributed by atoms with Gasteiger partial charge < -0.3 is 34.8 Å². The van der Waals surface area contributed by atoms with Crippen LogP contribution < -0.4 is 14.8 Å². The number of thioether (sulfide) groups is 1. The monoisotopic (exact) mass is 891 g/mol. The second-order valence-electron chi connectivity index (χ2n) is 12.9. The van der Waals surface area contributed by atoms with Gasteiger partial charge in [0.05, 0.1) is 29.8 Å². The molecule has 251 valence electrons. The van der Waals surface area contributed by atoms with E-state index in [1.54, 1.807) is 6.92 Å². The molecular weight excluding hydrogens is 855 g/mol. The fraction of sp³-hybridized carbons (Fsp3) is 0.515. The summed E-state index contributed by atoms with van der Waals surface area (Å²) in [5.41, 5.74) is 5.14. The number of aromatic hydroxyl groups is 2. The molecule has 2 fully saturated rings. The van der Waals surface area contributed by atoms with E-state index in [1.807, 2.05) is 20.9 Å². The number of phenolic OH excluding ortho intramolecular Hbond substituents is 2. The van der Waals surface area contributed by atoms with E-state index in [9.17, 15) is 29.9 Å². The van der Waals surface area contributed by atoms with E-state index in [1.165, 1.54) is 11.8 Å². The van der Waals surface area contributed by atoms with Gasteiger partial charge >= 0.3 is 11.9 Å². The van der Waals surface area contributed by atoms with Gasteiger partial charge in [-0.25, -0.2) is 4.79 Å². The number of carbonyl (C=O) groups excluding carboxylic acids is 2. The number of nitriles is 1. The number of amides is 1. The van der Waals surface area contributed by atoms with E-state index >= 15 is 0 Å². The number of likely N-dealkylation sites (N-methyl/N-ethyl adjacent to an activating group) is 1. The van der Waals surface area contributed by atoms with Crippen molar-refractivity contribution in [3.8, 4) is 29.1 Å². The van der Waals surface area contributed by atoms with E-state index in [2.05, 4.69) is 27.3 Å². The molecule has 4 N–H and O–H groups in total. The number of hydrogen-bond donors (Lipinski definition) is 4. The summed E-state index contributed by atoms with van der Waals surface area (Å²) in [4.78, 5) is 41.5. The fourth-order valence-electron chi connectivity index (χ4n) is 8.16. The maximum atomic E-state index is 13.5. The number of rotatable bonds is 4. The molecule has 0 saturated carbocycles. The molecule has 5 aliphatic rings. The van der Waals surface area contributed by atoms with Gasteiger partial charge in [0.15, 0.2) is 11.5 Å². The quantitative estimate of drug-likeness (QED) is 0.330. The largest absolute Gasteiger partial charge is 0.507 e. The Morgan fingerprint density at radius 3 is 2.48 bits per heavy atom. The average molecular weight is 892 g/mol. The first kappa shape index (κ1) is 35.1. The average Bonchev–Trinajstić information content (AvgIpc) is 3.53. The van der Waals surface area contributed by atoms with E-state index in [4.69, 9.17) is 19.3 Å². The van der Waals surface area contributed by atoms with Crippen LogP contribution in [0.25, 0.3) is 0 Å². The van der Waals surface area contributed by atoms with Crippen molar-refractivity contribution in [1.29, 1.82) is 5.26 Å². The van der Waals surface area contributed by atoms with Crippen LogP contribution in [-0.2, 0) is 25.5 Å². The molecule has 0 aromatic heterocycles. The second kappa shape index (κ2) is 13.2. The van der Waals surface area contributed by atoms with Crippen LogP contribution in [0.15, 0.2) is 6.07 Å². The number of ether oxygens (including phenoxy) is 3. The van der Waals surface area contributed by atoms with Gasteiger partial charge in [-0.05, 0) is 50.9 Å². The van der Waals surface area contributed by atoms with Crippen LogP contribution in [-0.4, -0.2) is 93.3 Å². The Morgan fingerprint density at radius 2 is 1.77 bits per heavy atom. The molecule has 1 unspecified atom stereocenters. The van der Waals surface area contributed by atoms with Crippen molar-refractivity contribution in [3.05, 3.63) is 45.0 Å². The molecule has 2 aromatic carbocycles. The van der Waals surface area contributed by atoms with Crippen molar-refractivity contribution >= 4 is 29.6 Å². The molecule has 5 heterocycles. The fourth-order valence-corrected chi connectivity index (χ4v) is 9.67. The number of piperazine rings is 1. The number of benzene rings is 2. The van der Waals surface area contributed by atoms with Crippen molar-refractivity contribution in [1.82, 2.24) is 15.1 Å². The predicted octanol–water partition coefficient (Wildman–Crippen LogP) is 2.66. The van der Waals surface area contributed by atoms with Gasteiger partial charge in [0.2, 0.25) is 12.7 Å². The molecule has 4 bridgehead atoms. The molecule has 7 atom stereocenters. The number of hydrogen-bond acceptors (Lipinski definition) is 12. The molecule has 5 aliphatic heterocycles. The van der Waals surface area contributed by atoms with Gasteiger partial charge in [-0.15, -0.1) is 11.8 Å². The molecule has 0 spiro atoms. The van der Waals surface area contributed by atoms with Crippen LogP contribution in [0, 0.1) is 76.2 Å². The molecule has 7 rings (SSSR count). The van der Waals surface area contributed by atoms with Crippen molar-refractivity contribution in [2.24, 2.45) is 0 Å². The van der Waals surface area contributed by atoms with E-state index < -0.39 is 53.3 Å². The van der Waals surface area contributed by atoms with Crippen LogP contribution in [0.4, 0.5) is 0 Å². The molecule has 2 saturated heterocycles. The SMILES string of the molecule is Cc1cc2c(c(O)c1C)[C@@H]1C3[C@@H]4SC[C@H](NC(=O)CCC(=O)O)C(=O)OC[C@@H](c5c6c(c(C)c(O)c54)OCO6)N3[C@@H](C#N)[C@H](C2)N1C.[Ac]. The van der Waals surface area contributed by atoms with Gasteiger partial charge in [-0.2, -0.15) is 5.26 Å². The van der Waals surface area contributed by atoms with Crippen LogP contribution in [0.3, 0.4) is 0 Å². The molecular formula is C33H36AcN4O9S.